The lowest BCUT2D eigenvalue weighted by atomic mass is 10.1. The SMILES string of the molecule is C=C/C(=C(\N=C(/N)Nc1cc(F)c(C(=O)NC)cc1OC)NCc1ccc(OC)cc1N(C)S(C)(=O)=O)C(F)(F)F. The fourth-order valence-corrected chi connectivity index (χ4v) is 3.95. The average molecular weight is 603 g/mol. The van der Waals surface area contributed by atoms with Crippen molar-refractivity contribution in [1.29, 1.82) is 0 Å². The summed E-state index contributed by atoms with van der Waals surface area (Å²) < 4.78 is 91.6. The van der Waals surface area contributed by atoms with Gasteiger partial charge in [-0.25, -0.2) is 12.8 Å². The van der Waals surface area contributed by atoms with Crippen LogP contribution in [0.2, 0.25) is 0 Å². The number of alkyl halides is 3. The zero-order valence-electron chi connectivity index (χ0n) is 22.8. The molecule has 2 aromatic carbocycles. The summed E-state index contributed by atoms with van der Waals surface area (Å²) in [6.07, 6.45) is -3.43. The van der Waals surface area contributed by atoms with Crippen molar-refractivity contribution in [3.63, 3.8) is 0 Å². The van der Waals surface area contributed by atoms with Crippen molar-refractivity contribution in [2.75, 3.05) is 44.2 Å². The fourth-order valence-electron chi connectivity index (χ4n) is 3.43. The number of benzene rings is 2. The van der Waals surface area contributed by atoms with Gasteiger partial charge in [0.2, 0.25) is 10.0 Å². The number of rotatable bonds is 11. The standard InChI is InChI=1S/C25H30F4N6O5S/c1-7-17(25(27,28)29)22(32-13-14-8-9-15(39-4)10-20(14)35(3)41(6,37)38)34-24(30)33-19-12-18(26)16(23(36)31-2)11-21(19)40-5/h7-12,32H,1,13H2,2-6H3,(H,31,36)(H3,30,33,34)/b22-17+. The second kappa shape index (κ2) is 13.3. The molecule has 0 spiro atoms. The molecule has 0 atom stereocenters. The molecule has 2 rings (SSSR count). The van der Waals surface area contributed by atoms with Gasteiger partial charge in [0.05, 0.1) is 43.0 Å². The van der Waals surface area contributed by atoms with E-state index in [-0.39, 0.29) is 34.8 Å². The largest absolute Gasteiger partial charge is 0.497 e. The van der Waals surface area contributed by atoms with Gasteiger partial charge in [0.1, 0.15) is 23.1 Å². The highest BCUT2D eigenvalue weighted by Crippen LogP contribution is 2.31. The number of carbonyl (C=O) groups is 1. The number of hydrogen-bond donors (Lipinski definition) is 4. The van der Waals surface area contributed by atoms with Crippen LogP contribution in [-0.2, 0) is 16.6 Å². The number of halogens is 4. The maximum Gasteiger partial charge on any atom is 0.419 e. The minimum atomic E-state index is -4.92. The number of guanidine groups is 1. The highest BCUT2D eigenvalue weighted by Gasteiger charge is 2.35. The maximum absolute atomic E-state index is 14.5. The first-order valence-corrected chi connectivity index (χ1v) is 13.4. The molecule has 224 valence electrons. The predicted octanol–water partition coefficient (Wildman–Crippen LogP) is 3.07. The zero-order chi connectivity index (χ0) is 31.1. The number of hydrogen-bond acceptors (Lipinski definition) is 7. The van der Waals surface area contributed by atoms with Crippen LogP contribution < -0.4 is 35.5 Å². The molecule has 0 aliphatic rings. The van der Waals surface area contributed by atoms with Gasteiger partial charge in [0.25, 0.3) is 5.91 Å². The summed E-state index contributed by atoms with van der Waals surface area (Å²) in [4.78, 5) is 15.7. The summed E-state index contributed by atoms with van der Waals surface area (Å²) in [5.74, 6) is -2.81. The van der Waals surface area contributed by atoms with Crippen molar-refractivity contribution in [2.24, 2.45) is 10.7 Å². The molecule has 2 aromatic rings. The third-order valence-corrected chi connectivity index (χ3v) is 6.79. The van der Waals surface area contributed by atoms with E-state index in [0.717, 1.165) is 22.7 Å². The molecular weight excluding hydrogens is 572 g/mol. The third kappa shape index (κ3) is 8.26. The topological polar surface area (TPSA) is 147 Å². The van der Waals surface area contributed by atoms with Crippen molar-refractivity contribution in [3.8, 4) is 11.5 Å². The summed E-state index contributed by atoms with van der Waals surface area (Å²) in [7, 11) is 1.43. The van der Waals surface area contributed by atoms with E-state index in [2.05, 4.69) is 27.5 Å². The Balaban J connectivity index is 2.55. The minimum absolute atomic E-state index is 0.0481. The first-order valence-electron chi connectivity index (χ1n) is 11.6. The van der Waals surface area contributed by atoms with Crippen molar-refractivity contribution >= 4 is 33.3 Å². The quantitative estimate of drug-likeness (QED) is 0.133. The van der Waals surface area contributed by atoms with Gasteiger partial charge >= 0.3 is 6.18 Å². The maximum atomic E-state index is 14.5. The Morgan fingerprint density at radius 3 is 2.37 bits per heavy atom. The van der Waals surface area contributed by atoms with Crippen LogP contribution >= 0.6 is 0 Å². The summed E-state index contributed by atoms with van der Waals surface area (Å²) in [5, 5.41) is 7.26. The van der Waals surface area contributed by atoms with Gasteiger partial charge in [-0.05, 0) is 17.7 Å². The summed E-state index contributed by atoms with van der Waals surface area (Å²) in [5.41, 5.74) is 4.54. The van der Waals surface area contributed by atoms with Crippen molar-refractivity contribution in [1.82, 2.24) is 10.6 Å². The number of sulfonamides is 1. The van der Waals surface area contributed by atoms with Crippen LogP contribution in [0, 0.1) is 5.82 Å². The van der Waals surface area contributed by atoms with Gasteiger partial charge in [-0.2, -0.15) is 18.2 Å². The average Bonchev–Trinajstić information content (AvgIpc) is 2.89. The molecule has 0 unspecified atom stereocenters. The molecule has 0 saturated carbocycles. The Labute approximate surface area is 234 Å². The first kappa shape index (κ1) is 32.7. The van der Waals surface area contributed by atoms with Gasteiger partial charge in [0.15, 0.2) is 5.96 Å². The molecule has 0 aromatic heterocycles. The number of methoxy groups -OCH3 is 2. The fraction of sp³-hybridized carbons (Fsp3) is 0.280. The number of nitrogens with zero attached hydrogens (tertiary/aromatic N) is 2. The number of nitrogens with one attached hydrogen (secondary N) is 3. The Kier molecular flexibility index (Phi) is 10.6. The van der Waals surface area contributed by atoms with E-state index < -0.39 is 45.3 Å². The van der Waals surface area contributed by atoms with Crippen LogP contribution in [0.25, 0.3) is 0 Å². The van der Waals surface area contributed by atoms with Crippen LogP contribution in [-0.4, -0.2) is 61.0 Å². The molecule has 0 bridgehead atoms. The van der Waals surface area contributed by atoms with Gasteiger partial charge in [-0.15, -0.1) is 0 Å². The summed E-state index contributed by atoms with van der Waals surface area (Å²) >= 11 is 0. The number of amides is 1. The predicted molar refractivity (Wildman–Crippen MR) is 148 cm³/mol. The minimum Gasteiger partial charge on any atom is -0.497 e. The van der Waals surface area contributed by atoms with Crippen LogP contribution in [0.4, 0.5) is 28.9 Å². The summed E-state index contributed by atoms with van der Waals surface area (Å²) in [6, 6.07) is 6.32. The molecule has 0 aliphatic heterocycles. The molecule has 0 radical (unpaired) electrons. The van der Waals surface area contributed by atoms with Gasteiger partial charge in [-0.1, -0.05) is 18.7 Å². The van der Waals surface area contributed by atoms with Crippen molar-refractivity contribution < 1.29 is 40.2 Å². The molecule has 0 aliphatic carbocycles. The third-order valence-electron chi connectivity index (χ3n) is 5.60. The van der Waals surface area contributed by atoms with E-state index >= 15 is 0 Å². The van der Waals surface area contributed by atoms with Crippen molar-refractivity contribution in [3.05, 3.63) is 71.3 Å². The molecule has 0 saturated heterocycles. The number of ether oxygens (including phenoxy) is 2. The lowest BCUT2D eigenvalue weighted by Crippen LogP contribution is -2.29. The smallest absolute Gasteiger partial charge is 0.419 e. The number of carbonyl (C=O) groups excluding carboxylic acids is 1. The summed E-state index contributed by atoms with van der Waals surface area (Å²) in [6.45, 7) is 2.87. The van der Waals surface area contributed by atoms with E-state index in [1.54, 1.807) is 0 Å². The molecule has 1 amide bonds. The second-order valence-corrected chi connectivity index (χ2v) is 10.3. The number of anilines is 2. The highest BCUT2D eigenvalue weighted by molar-refractivity contribution is 7.92. The van der Waals surface area contributed by atoms with E-state index in [1.807, 2.05) is 0 Å². The van der Waals surface area contributed by atoms with E-state index in [1.165, 1.54) is 46.5 Å². The van der Waals surface area contributed by atoms with Crippen LogP contribution in [0.15, 0.2) is 59.4 Å². The first-order chi connectivity index (χ1) is 19.1. The monoisotopic (exact) mass is 602 g/mol. The van der Waals surface area contributed by atoms with E-state index in [9.17, 15) is 30.8 Å². The molecule has 0 fully saturated rings. The molecular formula is C25H30F4N6O5S. The van der Waals surface area contributed by atoms with Crippen LogP contribution in [0.3, 0.4) is 0 Å². The normalized spacial score (nSPS) is 12.7. The lowest BCUT2D eigenvalue weighted by Gasteiger charge is -2.22. The number of nitrogens with two attached hydrogens (primary N) is 1. The Morgan fingerprint density at radius 2 is 1.85 bits per heavy atom. The Hall–Kier alpha value is -4.47. The highest BCUT2D eigenvalue weighted by atomic mass is 32.2. The van der Waals surface area contributed by atoms with E-state index in [0.29, 0.717) is 11.8 Å². The van der Waals surface area contributed by atoms with Crippen molar-refractivity contribution in [2.45, 2.75) is 12.7 Å². The zero-order valence-corrected chi connectivity index (χ0v) is 23.6. The van der Waals surface area contributed by atoms with Gasteiger partial charge in [-0.3, -0.25) is 9.10 Å². The molecule has 0 heterocycles. The van der Waals surface area contributed by atoms with E-state index in [4.69, 9.17) is 15.2 Å². The van der Waals surface area contributed by atoms with Crippen LogP contribution in [0.5, 0.6) is 11.5 Å². The van der Waals surface area contributed by atoms with Gasteiger partial charge in [0, 0.05) is 32.8 Å². The second-order valence-electron chi connectivity index (χ2n) is 8.28. The molecule has 5 N–H and O–H groups in total. The molecule has 11 nitrogen and oxygen atoms in total. The molecule has 16 heteroatoms. The number of allylic oxidation sites excluding steroid dienone is 2. The Morgan fingerprint density at radius 1 is 1.20 bits per heavy atom. The number of aliphatic imine (C=N–C) groups is 1. The van der Waals surface area contributed by atoms with Crippen LogP contribution in [0.1, 0.15) is 15.9 Å². The van der Waals surface area contributed by atoms with Gasteiger partial charge < -0.3 is 31.2 Å². The Bertz CT molecular complexity index is 1480. The lowest BCUT2D eigenvalue weighted by molar-refractivity contribution is -0.0893. The molecule has 41 heavy (non-hydrogen) atoms.